The molecule has 4 nitrogen and oxygen atoms in total. The molecular formula is C11H17N3OS. The molecule has 2 heterocycles. The first-order valence-electron chi connectivity index (χ1n) is 5.35. The zero-order valence-electron chi connectivity index (χ0n) is 9.62. The molecule has 1 aromatic rings. The van der Waals surface area contributed by atoms with Gasteiger partial charge in [-0.25, -0.2) is 0 Å². The smallest absolute Gasteiger partial charge is 0.248 e. The molecule has 88 valence electrons. The lowest BCUT2D eigenvalue weighted by atomic mass is 10.1. The molecule has 3 N–H and O–H groups in total. The van der Waals surface area contributed by atoms with Crippen molar-refractivity contribution in [1.29, 1.82) is 0 Å². The summed E-state index contributed by atoms with van der Waals surface area (Å²) in [6.07, 6.45) is 0.650. The van der Waals surface area contributed by atoms with E-state index in [1.807, 2.05) is 7.05 Å². The van der Waals surface area contributed by atoms with Crippen molar-refractivity contribution in [3.8, 4) is 0 Å². The number of carbonyl (C=O) groups is 1. The summed E-state index contributed by atoms with van der Waals surface area (Å²) < 4.78 is 2.10. The topological polar surface area (TPSA) is 60.1 Å². The van der Waals surface area contributed by atoms with Crippen LogP contribution in [0.4, 0.5) is 0 Å². The van der Waals surface area contributed by atoms with Crippen molar-refractivity contribution in [2.24, 2.45) is 12.8 Å². The summed E-state index contributed by atoms with van der Waals surface area (Å²) >= 11 is 1.61. The first-order valence-corrected chi connectivity index (χ1v) is 6.34. The third-order valence-electron chi connectivity index (χ3n) is 3.17. The summed E-state index contributed by atoms with van der Waals surface area (Å²) in [7, 11) is 2.01. The average molecular weight is 239 g/mol. The zero-order valence-corrected chi connectivity index (χ0v) is 10.4. The first-order chi connectivity index (χ1) is 7.55. The Bertz CT molecular complexity index is 407. The fourth-order valence-corrected chi connectivity index (χ4v) is 3.14. The summed E-state index contributed by atoms with van der Waals surface area (Å²) in [6, 6.07) is 4.12. The molecule has 5 heteroatoms. The van der Waals surface area contributed by atoms with E-state index in [0.29, 0.717) is 6.42 Å². The summed E-state index contributed by atoms with van der Waals surface area (Å²) in [4.78, 5) is 11.0. The van der Waals surface area contributed by atoms with Gasteiger partial charge in [-0.1, -0.05) is 0 Å². The van der Waals surface area contributed by atoms with Crippen molar-refractivity contribution in [1.82, 2.24) is 9.88 Å². The lowest BCUT2D eigenvalue weighted by molar-refractivity contribution is -0.120. The molecule has 2 rings (SSSR count). The van der Waals surface area contributed by atoms with Crippen molar-refractivity contribution in [3.63, 3.8) is 0 Å². The van der Waals surface area contributed by atoms with Crippen LogP contribution in [-0.2, 0) is 18.3 Å². The molecule has 0 bridgehead atoms. The van der Waals surface area contributed by atoms with Crippen molar-refractivity contribution in [2.45, 2.75) is 18.2 Å². The molecular weight excluding hydrogens is 222 g/mol. The SMILES string of the molecule is Cc1ccc(CC2(C(N)=O)NCCS2)n1C. The third kappa shape index (κ3) is 1.85. The molecule has 1 aromatic heterocycles. The first kappa shape index (κ1) is 11.5. The van der Waals surface area contributed by atoms with Gasteiger partial charge in [-0.3, -0.25) is 10.1 Å². The molecule has 0 radical (unpaired) electrons. The Morgan fingerprint density at radius 3 is 2.88 bits per heavy atom. The highest BCUT2D eigenvalue weighted by Gasteiger charge is 2.40. The Morgan fingerprint density at radius 2 is 2.44 bits per heavy atom. The van der Waals surface area contributed by atoms with Crippen LogP contribution in [0.3, 0.4) is 0 Å². The van der Waals surface area contributed by atoms with Gasteiger partial charge in [0.05, 0.1) is 0 Å². The Balaban J connectivity index is 2.24. The van der Waals surface area contributed by atoms with E-state index in [9.17, 15) is 4.79 Å². The van der Waals surface area contributed by atoms with Gasteiger partial charge >= 0.3 is 0 Å². The standard InChI is InChI=1S/C11H17N3OS/c1-8-3-4-9(14(8)2)7-11(10(12)15)13-5-6-16-11/h3-4,13H,5-7H2,1-2H3,(H2,12,15). The third-order valence-corrected chi connectivity index (χ3v) is 4.56. The molecule has 16 heavy (non-hydrogen) atoms. The van der Waals surface area contributed by atoms with Crippen LogP contribution < -0.4 is 11.1 Å². The number of carbonyl (C=O) groups excluding carboxylic acids is 1. The second kappa shape index (κ2) is 4.14. The van der Waals surface area contributed by atoms with Gasteiger partial charge in [0, 0.05) is 37.2 Å². The number of hydrogen-bond donors (Lipinski definition) is 2. The van der Waals surface area contributed by atoms with E-state index >= 15 is 0 Å². The van der Waals surface area contributed by atoms with E-state index in [-0.39, 0.29) is 5.91 Å². The highest BCUT2D eigenvalue weighted by Crippen LogP contribution is 2.31. The van der Waals surface area contributed by atoms with Crippen LogP contribution in [0.2, 0.25) is 0 Å². The lowest BCUT2D eigenvalue weighted by Crippen LogP contribution is -2.51. The summed E-state index contributed by atoms with van der Waals surface area (Å²) in [6.45, 7) is 2.90. The molecule has 1 saturated heterocycles. The minimum Gasteiger partial charge on any atom is -0.367 e. The summed E-state index contributed by atoms with van der Waals surface area (Å²) in [5.74, 6) is 0.667. The van der Waals surface area contributed by atoms with Gasteiger partial charge in [0.25, 0.3) is 0 Å². The van der Waals surface area contributed by atoms with E-state index in [0.717, 1.165) is 18.0 Å². The number of primary amides is 1. The summed E-state index contributed by atoms with van der Waals surface area (Å²) in [5, 5.41) is 3.23. The molecule has 0 aliphatic carbocycles. The largest absolute Gasteiger partial charge is 0.367 e. The van der Waals surface area contributed by atoms with Crippen LogP contribution in [0.5, 0.6) is 0 Å². The fraction of sp³-hybridized carbons (Fsp3) is 0.545. The van der Waals surface area contributed by atoms with Crippen LogP contribution in [0.15, 0.2) is 12.1 Å². The number of thioether (sulfide) groups is 1. The van der Waals surface area contributed by atoms with E-state index in [1.54, 1.807) is 11.8 Å². The molecule has 1 atom stereocenters. The van der Waals surface area contributed by atoms with Crippen LogP contribution in [0, 0.1) is 6.92 Å². The highest BCUT2D eigenvalue weighted by atomic mass is 32.2. The maximum absolute atomic E-state index is 11.6. The number of nitrogens with one attached hydrogen (secondary N) is 1. The predicted octanol–water partition coefficient (Wildman–Crippen LogP) is 0.394. The number of nitrogens with two attached hydrogens (primary N) is 1. The summed E-state index contributed by atoms with van der Waals surface area (Å²) in [5.41, 5.74) is 7.84. The molecule has 1 amide bonds. The maximum atomic E-state index is 11.6. The second-order valence-corrected chi connectivity index (χ2v) is 5.56. The quantitative estimate of drug-likeness (QED) is 0.802. The van der Waals surface area contributed by atoms with Crippen LogP contribution >= 0.6 is 11.8 Å². The van der Waals surface area contributed by atoms with E-state index in [1.165, 1.54) is 5.69 Å². The van der Waals surface area contributed by atoms with Crippen LogP contribution in [0.1, 0.15) is 11.4 Å². The predicted molar refractivity (Wildman–Crippen MR) is 66.2 cm³/mol. The van der Waals surface area contributed by atoms with Crippen LogP contribution in [-0.4, -0.2) is 27.6 Å². The van der Waals surface area contributed by atoms with Crippen molar-refractivity contribution >= 4 is 17.7 Å². The fourth-order valence-electron chi connectivity index (χ4n) is 1.99. The van der Waals surface area contributed by atoms with Crippen LogP contribution in [0.25, 0.3) is 0 Å². The van der Waals surface area contributed by atoms with Crippen molar-refractivity contribution in [2.75, 3.05) is 12.3 Å². The Morgan fingerprint density at radius 1 is 1.69 bits per heavy atom. The molecule has 1 aliphatic rings. The van der Waals surface area contributed by atoms with E-state index in [2.05, 4.69) is 28.9 Å². The molecule has 1 aliphatic heterocycles. The second-order valence-electron chi connectivity index (χ2n) is 4.17. The Hall–Kier alpha value is -0.940. The van der Waals surface area contributed by atoms with Gasteiger partial charge in [0.2, 0.25) is 5.91 Å². The van der Waals surface area contributed by atoms with E-state index < -0.39 is 4.87 Å². The Labute approximate surface area is 99.6 Å². The molecule has 0 saturated carbocycles. The maximum Gasteiger partial charge on any atom is 0.248 e. The minimum atomic E-state index is -0.613. The van der Waals surface area contributed by atoms with Gasteiger partial charge in [-0.2, -0.15) is 0 Å². The average Bonchev–Trinajstić information content (AvgIpc) is 2.82. The molecule has 0 aromatic carbocycles. The zero-order chi connectivity index (χ0) is 11.8. The van der Waals surface area contributed by atoms with Crippen molar-refractivity contribution < 1.29 is 4.79 Å². The van der Waals surface area contributed by atoms with Gasteiger partial charge in [-0.15, -0.1) is 11.8 Å². The number of amides is 1. The number of hydrogen-bond acceptors (Lipinski definition) is 3. The normalized spacial score (nSPS) is 24.9. The monoisotopic (exact) mass is 239 g/mol. The molecule has 0 spiro atoms. The lowest BCUT2D eigenvalue weighted by Gasteiger charge is -2.25. The number of nitrogens with zero attached hydrogens (tertiary/aromatic N) is 1. The number of aromatic nitrogens is 1. The minimum absolute atomic E-state index is 0.270. The molecule has 1 fully saturated rings. The van der Waals surface area contributed by atoms with E-state index in [4.69, 9.17) is 5.73 Å². The van der Waals surface area contributed by atoms with Gasteiger partial charge in [0.1, 0.15) is 4.87 Å². The highest BCUT2D eigenvalue weighted by molar-refractivity contribution is 8.01. The van der Waals surface area contributed by atoms with Gasteiger partial charge in [0.15, 0.2) is 0 Å². The Kier molecular flexibility index (Phi) is 2.99. The van der Waals surface area contributed by atoms with Gasteiger partial charge in [-0.05, 0) is 19.1 Å². The number of rotatable bonds is 3. The number of aryl methyl sites for hydroxylation is 1. The molecule has 1 unspecified atom stereocenters. The van der Waals surface area contributed by atoms with Gasteiger partial charge < -0.3 is 10.3 Å². The van der Waals surface area contributed by atoms with Crippen molar-refractivity contribution in [3.05, 3.63) is 23.5 Å².